The van der Waals surface area contributed by atoms with Gasteiger partial charge in [-0.05, 0) is 70.6 Å². The molecule has 0 aliphatic carbocycles. The molecular formula is C41H75NO5. The molecule has 2 N–H and O–H groups in total. The summed E-state index contributed by atoms with van der Waals surface area (Å²) >= 11 is 0. The highest BCUT2D eigenvalue weighted by atomic mass is 16.5. The van der Waals surface area contributed by atoms with Crippen LogP contribution < -0.4 is 5.32 Å². The van der Waals surface area contributed by atoms with Crippen molar-refractivity contribution in [3.05, 3.63) is 24.3 Å². The third kappa shape index (κ3) is 36.6. The SMILES string of the molecule is CCCCCCC/C=C\C/C=C\CCCCCCCCCCCC(=O)OC(CCCCCCC)CCCCCCC(=O)NCC(=O)O. The van der Waals surface area contributed by atoms with Crippen LogP contribution in [0.15, 0.2) is 24.3 Å². The molecular weight excluding hydrogens is 586 g/mol. The summed E-state index contributed by atoms with van der Waals surface area (Å²) in [6.45, 7) is 4.17. The molecule has 0 fully saturated rings. The van der Waals surface area contributed by atoms with Gasteiger partial charge in [0, 0.05) is 12.8 Å². The molecule has 1 unspecified atom stereocenters. The summed E-state index contributed by atoms with van der Waals surface area (Å²) in [7, 11) is 0. The van der Waals surface area contributed by atoms with E-state index in [2.05, 4.69) is 43.5 Å². The normalized spacial score (nSPS) is 12.2. The molecule has 6 heteroatoms. The van der Waals surface area contributed by atoms with Crippen molar-refractivity contribution in [3.8, 4) is 0 Å². The highest BCUT2D eigenvalue weighted by Gasteiger charge is 2.14. The predicted octanol–water partition coefficient (Wildman–Crippen LogP) is 12.0. The monoisotopic (exact) mass is 662 g/mol. The first kappa shape index (κ1) is 44.9. The van der Waals surface area contributed by atoms with E-state index >= 15 is 0 Å². The minimum absolute atomic E-state index is 0.00484. The third-order valence-electron chi connectivity index (χ3n) is 8.88. The lowest BCUT2D eigenvalue weighted by molar-refractivity contribution is -0.150. The average molecular weight is 662 g/mol. The van der Waals surface area contributed by atoms with Gasteiger partial charge in [0.2, 0.25) is 5.91 Å². The number of carboxylic acids is 1. The first-order valence-corrected chi connectivity index (χ1v) is 20.0. The Morgan fingerprint density at radius 3 is 1.47 bits per heavy atom. The van der Waals surface area contributed by atoms with Crippen LogP contribution in [0.4, 0.5) is 0 Å². The van der Waals surface area contributed by atoms with Gasteiger partial charge in [-0.1, -0.05) is 147 Å². The maximum atomic E-state index is 12.6. The average Bonchev–Trinajstić information content (AvgIpc) is 3.05. The fraction of sp³-hybridized carbons (Fsp3) is 0.829. The van der Waals surface area contributed by atoms with Crippen molar-refractivity contribution in [2.45, 2.75) is 213 Å². The van der Waals surface area contributed by atoms with E-state index in [0.29, 0.717) is 12.8 Å². The highest BCUT2D eigenvalue weighted by molar-refractivity contribution is 5.80. The number of esters is 1. The van der Waals surface area contributed by atoms with Gasteiger partial charge in [0.15, 0.2) is 0 Å². The molecule has 0 aliphatic heterocycles. The minimum atomic E-state index is -1.02. The van der Waals surface area contributed by atoms with Crippen molar-refractivity contribution in [2.75, 3.05) is 6.54 Å². The molecule has 0 bridgehead atoms. The quantitative estimate of drug-likeness (QED) is 0.0396. The Hall–Kier alpha value is -2.11. The molecule has 6 nitrogen and oxygen atoms in total. The van der Waals surface area contributed by atoms with E-state index < -0.39 is 5.97 Å². The summed E-state index contributed by atoms with van der Waals surface area (Å²) in [6.07, 6.45) is 43.2. The molecule has 1 amide bonds. The van der Waals surface area contributed by atoms with Crippen LogP contribution in [0, 0.1) is 0 Å². The lowest BCUT2D eigenvalue weighted by Crippen LogP contribution is -2.28. The number of aliphatic carboxylic acids is 1. The van der Waals surface area contributed by atoms with Gasteiger partial charge in [-0.15, -0.1) is 0 Å². The van der Waals surface area contributed by atoms with Crippen molar-refractivity contribution in [1.82, 2.24) is 5.32 Å². The zero-order chi connectivity index (χ0) is 34.5. The second-order valence-corrected chi connectivity index (χ2v) is 13.5. The molecule has 0 aliphatic rings. The maximum absolute atomic E-state index is 12.6. The molecule has 0 saturated heterocycles. The Kier molecular flexibility index (Phi) is 35.1. The number of unbranched alkanes of at least 4 members (excludes halogenated alkanes) is 21. The fourth-order valence-electron chi connectivity index (χ4n) is 5.90. The summed E-state index contributed by atoms with van der Waals surface area (Å²) in [5.41, 5.74) is 0. The molecule has 0 heterocycles. The maximum Gasteiger partial charge on any atom is 0.322 e. The molecule has 47 heavy (non-hydrogen) atoms. The second-order valence-electron chi connectivity index (χ2n) is 13.5. The van der Waals surface area contributed by atoms with E-state index in [1.807, 2.05) is 0 Å². The predicted molar refractivity (Wildman–Crippen MR) is 199 cm³/mol. The zero-order valence-corrected chi connectivity index (χ0v) is 30.9. The number of carbonyl (C=O) groups is 3. The number of amides is 1. The molecule has 0 aromatic heterocycles. The Morgan fingerprint density at radius 2 is 0.979 bits per heavy atom. The number of hydrogen-bond acceptors (Lipinski definition) is 4. The number of rotatable bonds is 36. The van der Waals surface area contributed by atoms with Crippen molar-refractivity contribution in [2.24, 2.45) is 0 Å². The minimum Gasteiger partial charge on any atom is -0.480 e. The van der Waals surface area contributed by atoms with Crippen molar-refractivity contribution in [3.63, 3.8) is 0 Å². The molecule has 0 rings (SSSR count). The Bertz CT molecular complexity index is 778. The van der Waals surface area contributed by atoms with Gasteiger partial charge in [0.05, 0.1) is 0 Å². The molecule has 1 atom stereocenters. The molecule has 0 saturated carbocycles. The summed E-state index contributed by atoms with van der Waals surface area (Å²) in [5.74, 6) is -1.27. The van der Waals surface area contributed by atoms with Crippen LogP contribution in [0.5, 0.6) is 0 Å². The van der Waals surface area contributed by atoms with Crippen molar-refractivity contribution >= 4 is 17.8 Å². The number of carboxylic acid groups (broad SMARTS) is 1. The second kappa shape index (κ2) is 36.7. The first-order chi connectivity index (χ1) is 23.0. The van der Waals surface area contributed by atoms with Gasteiger partial charge in [0.1, 0.15) is 12.6 Å². The van der Waals surface area contributed by atoms with Crippen molar-refractivity contribution < 1.29 is 24.2 Å². The molecule has 0 aromatic rings. The smallest absolute Gasteiger partial charge is 0.322 e. The largest absolute Gasteiger partial charge is 0.480 e. The van der Waals surface area contributed by atoms with E-state index in [0.717, 1.165) is 64.2 Å². The Balaban J connectivity index is 3.85. The van der Waals surface area contributed by atoms with Crippen LogP contribution in [-0.4, -0.2) is 35.6 Å². The van der Waals surface area contributed by atoms with Crippen LogP contribution in [0.2, 0.25) is 0 Å². The lowest BCUT2D eigenvalue weighted by Gasteiger charge is -2.18. The Morgan fingerprint density at radius 1 is 0.553 bits per heavy atom. The molecule has 0 spiro atoms. The van der Waals surface area contributed by atoms with Gasteiger partial charge in [0.25, 0.3) is 0 Å². The number of hydrogen-bond donors (Lipinski definition) is 2. The summed E-state index contributed by atoms with van der Waals surface area (Å²) in [6, 6.07) is 0. The van der Waals surface area contributed by atoms with Gasteiger partial charge in [-0.2, -0.15) is 0 Å². The van der Waals surface area contributed by atoms with Crippen LogP contribution in [0.1, 0.15) is 206 Å². The number of carbonyl (C=O) groups excluding carboxylic acids is 2. The van der Waals surface area contributed by atoms with E-state index in [4.69, 9.17) is 9.84 Å². The van der Waals surface area contributed by atoms with Gasteiger partial charge in [-0.3, -0.25) is 14.4 Å². The zero-order valence-electron chi connectivity index (χ0n) is 30.9. The van der Waals surface area contributed by atoms with Crippen LogP contribution in [-0.2, 0) is 19.1 Å². The third-order valence-corrected chi connectivity index (χ3v) is 8.88. The highest BCUT2D eigenvalue weighted by Crippen LogP contribution is 2.18. The van der Waals surface area contributed by atoms with Crippen LogP contribution >= 0.6 is 0 Å². The fourth-order valence-corrected chi connectivity index (χ4v) is 5.90. The summed E-state index contributed by atoms with van der Waals surface area (Å²) in [4.78, 5) is 34.8. The Labute approximate surface area is 290 Å². The van der Waals surface area contributed by atoms with Crippen LogP contribution in [0.3, 0.4) is 0 Å². The standard InChI is InChI=1S/C41H75NO5/c1-3-5-7-9-10-11-12-13-14-15-16-17-18-19-20-21-22-23-24-26-32-36-41(46)47-38(33-29-25-8-6-4-2)34-30-27-28-31-35-39(43)42-37-40(44)45/h12-13,15-16,38H,3-11,14,17-37H2,1-2H3,(H,42,43)(H,44,45)/b13-12-,16-15-. The summed E-state index contributed by atoms with van der Waals surface area (Å²) in [5, 5.41) is 11.0. The van der Waals surface area contributed by atoms with Gasteiger partial charge >= 0.3 is 11.9 Å². The van der Waals surface area contributed by atoms with Crippen molar-refractivity contribution in [1.29, 1.82) is 0 Å². The number of allylic oxidation sites excluding steroid dienone is 4. The van der Waals surface area contributed by atoms with Crippen LogP contribution in [0.25, 0.3) is 0 Å². The van der Waals surface area contributed by atoms with Gasteiger partial charge < -0.3 is 15.2 Å². The summed E-state index contributed by atoms with van der Waals surface area (Å²) < 4.78 is 5.93. The topological polar surface area (TPSA) is 92.7 Å². The van der Waals surface area contributed by atoms with Gasteiger partial charge in [-0.25, -0.2) is 0 Å². The molecule has 0 aromatic carbocycles. The first-order valence-electron chi connectivity index (χ1n) is 20.0. The van der Waals surface area contributed by atoms with E-state index in [-0.39, 0.29) is 24.5 Å². The van der Waals surface area contributed by atoms with E-state index in [1.54, 1.807) is 0 Å². The van der Waals surface area contributed by atoms with E-state index in [9.17, 15) is 14.4 Å². The molecule has 274 valence electrons. The lowest BCUT2D eigenvalue weighted by atomic mass is 10.0. The molecule has 0 radical (unpaired) electrons. The number of nitrogens with one attached hydrogen (secondary N) is 1. The van der Waals surface area contributed by atoms with E-state index in [1.165, 1.54) is 116 Å². The number of ether oxygens (including phenoxy) is 1.